The minimum Gasteiger partial charge on any atom is -0.508 e. The Labute approximate surface area is 132 Å². The predicted octanol–water partition coefficient (Wildman–Crippen LogP) is 0.947. The normalized spacial score (nSPS) is 29.0. The summed E-state index contributed by atoms with van der Waals surface area (Å²) in [6.45, 7) is 0.737. The summed E-state index contributed by atoms with van der Waals surface area (Å²) in [6.07, 6.45) is 4.22. The highest BCUT2D eigenvalue weighted by molar-refractivity contribution is 6.01. The fourth-order valence-corrected chi connectivity index (χ4v) is 3.76. The number of carbonyl (C=O) groups is 2. The zero-order valence-corrected chi connectivity index (χ0v) is 12.3. The van der Waals surface area contributed by atoms with Gasteiger partial charge in [-0.05, 0) is 35.6 Å². The molecule has 0 spiro atoms. The average molecular weight is 312 g/mol. The number of aliphatic carboxylic acids is 1. The lowest BCUT2D eigenvalue weighted by Gasteiger charge is -2.48. The van der Waals surface area contributed by atoms with E-state index in [-0.39, 0.29) is 35.4 Å². The van der Waals surface area contributed by atoms with Crippen LogP contribution in [0.15, 0.2) is 41.6 Å². The number of allylic oxidation sites excluding steroid dienone is 2. The van der Waals surface area contributed by atoms with Crippen molar-refractivity contribution in [1.29, 1.82) is 0 Å². The van der Waals surface area contributed by atoms with Gasteiger partial charge in [0.25, 0.3) is 0 Å². The lowest BCUT2D eigenvalue weighted by Crippen LogP contribution is -2.68. The molecule has 4 rings (SSSR count). The number of hydrogen-bond acceptors (Lipinski definition) is 4. The first-order chi connectivity index (χ1) is 11.1. The minimum atomic E-state index is -1.06. The van der Waals surface area contributed by atoms with Crippen LogP contribution in [0.2, 0.25) is 0 Å². The summed E-state index contributed by atoms with van der Waals surface area (Å²) in [5.74, 6) is -0.764. The van der Waals surface area contributed by atoms with Gasteiger partial charge in [0.05, 0.1) is 6.04 Å². The van der Waals surface area contributed by atoms with Crippen molar-refractivity contribution in [3.8, 4) is 5.75 Å². The number of carboxylic acids is 1. The zero-order valence-electron chi connectivity index (χ0n) is 12.3. The Kier molecular flexibility index (Phi) is 3.02. The van der Waals surface area contributed by atoms with Gasteiger partial charge in [0.15, 0.2) is 0 Å². The molecule has 0 bridgehead atoms. The molecule has 3 heterocycles. The fourth-order valence-electron chi connectivity index (χ4n) is 3.76. The number of aromatic hydroxyl groups is 1. The molecule has 6 heteroatoms. The van der Waals surface area contributed by atoms with E-state index < -0.39 is 5.97 Å². The number of carboxylic acid groups (broad SMARTS) is 1. The summed E-state index contributed by atoms with van der Waals surface area (Å²) in [5, 5.41) is 22.0. The summed E-state index contributed by atoms with van der Waals surface area (Å²) in [7, 11) is 0. The standard InChI is InChI=1S/C17H16N2O4/c20-12-5-2-9(3-6-12)1-4-10-7-11-8-18-13-14(11)19(16(13)21)15(10)17(22)23/h1-6,11,13-14,18,20H,7-8H2,(H,22,23)/t11?,13?,14-/m1/s1. The Morgan fingerprint density at radius 1 is 1.26 bits per heavy atom. The number of β-lactam (4-membered cyclic amide) rings is 1. The van der Waals surface area contributed by atoms with E-state index in [4.69, 9.17) is 0 Å². The Hall–Kier alpha value is -2.60. The number of nitrogens with one attached hydrogen (secondary N) is 1. The molecule has 1 aromatic carbocycles. The van der Waals surface area contributed by atoms with Gasteiger partial charge >= 0.3 is 5.97 Å². The molecule has 3 N–H and O–H groups in total. The fraction of sp³-hybridized carbons (Fsp3) is 0.294. The molecule has 118 valence electrons. The van der Waals surface area contributed by atoms with Crippen LogP contribution < -0.4 is 5.32 Å². The molecule has 2 unspecified atom stereocenters. The number of rotatable bonds is 3. The van der Waals surface area contributed by atoms with Gasteiger partial charge in [0, 0.05) is 6.54 Å². The second-order valence-corrected chi connectivity index (χ2v) is 6.15. The van der Waals surface area contributed by atoms with Crippen LogP contribution in [-0.4, -0.2) is 45.6 Å². The maximum Gasteiger partial charge on any atom is 0.352 e. The van der Waals surface area contributed by atoms with Gasteiger partial charge in [-0.25, -0.2) is 4.79 Å². The van der Waals surface area contributed by atoms with E-state index in [1.807, 2.05) is 6.08 Å². The van der Waals surface area contributed by atoms with E-state index in [2.05, 4.69) is 5.32 Å². The third kappa shape index (κ3) is 2.06. The van der Waals surface area contributed by atoms with Gasteiger partial charge in [-0.1, -0.05) is 24.3 Å². The quantitative estimate of drug-likeness (QED) is 0.723. The molecule has 6 nitrogen and oxygen atoms in total. The molecule has 1 aromatic rings. The maximum atomic E-state index is 12.1. The largest absolute Gasteiger partial charge is 0.508 e. The number of phenols is 1. The second kappa shape index (κ2) is 4.96. The average Bonchev–Trinajstić information content (AvgIpc) is 2.93. The maximum absolute atomic E-state index is 12.1. The third-order valence-electron chi connectivity index (χ3n) is 4.83. The molecule has 23 heavy (non-hydrogen) atoms. The van der Waals surface area contributed by atoms with Gasteiger partial charge in [0.1, 0.15) is 17.5 Å². The van der Waals surface area contributed by atoms with Crippen LogP contribution in [-0.2, 0) is 9.59 Å². The highest BCUT2D eigenvalue weighted by Gasteiger charge is 2.59. The van der Waals surface area contributed by atoms with Gasteiger partial charge in [-0.2, -0.15) is 0 Å². The molecule has 1 amide bonds. The van der Waals surface area contributed by atoms with Crippen molar-refractivity contribution in [2.45, 2.75) is 18.5 Å². The van der Waals surface area contributed by atoms with E-state index >= 15 is 0 Å². The number of carbonyl (C=O) groups excluding carboxylic acids is 1. The monoisotopic (exact) mass is 312 g/mol. The molecule has 2 saturated heterocycles. The van der Waals surface area contributed by atoms with Crippen molar-refractivity contribution in [3.05, 3.63) is 47.2 Å². The SMILES string of the molecule is O=C(O)C1=C(C=Cc2ccc(O)cc2)CC2CNC3C(=O)N1[C@H]23. The van der Waals surface area contributed by atoms with E-state index in [1.54, 1.807) is 30.3 Å². The third-order valence-corrected chi connectivity index (χ3v) is 4.83. The van der Waals surface area contributed by atoms with Crippen molar-refractivity contribution in [2.24, 2.45) is 5.92 Å². The molecule has 3 atom stereocenters. The summed E-state index contributed by atoms with van der Waals surface area (Å²) in [6, 6.07) is 6.43. The van der Waals surface area contributed by atoms with Crippen LogP contribution >= 0.6 is 0 Å². The molecule has 0 saturated carbocycles. The predicted molar refractivity (Wildman–Crippen MR) is 82.3 cm³/mol. The topological polar surface area (TPSA) is 89.9 Å². The first-order valence-electron chi connectivity index (χ1n) is 7.56. The summed E-state index contributed by atoms with van der Waals surface area (Å²) < 4.78 is 0. The molecule has 0 aliphatic carbocycles. The lowest BCUT2D eigenvalue weighted by atomic mass is 9.79. The van der Waals surface area contributed by atoms with E-state index in [1.165, 1.54) is 4.90 Å². The zero-order chi connectivity index (χ0) is 16.1. The van der Waals surface area contributed by atoms with Gasteiger partial charge in [0.2, 0.25) is 5.91 Å². The van der Waals surface area contributed by atoms with E-state index in [0.717, 1.165) is 12.1 Å². The van der Waals surface area contributed by atoms with Gasteiger partial charge in [-0.15, -0.1) is 0 Å². The van der Waals surface area contributed by atoms with Gasteiger partial charge < -0.3 is 15.5 Å². The summed E-state index contributed by atoms with van der Waals surface area (Å²) in [5.41, 5.74) is 1.63. The number of hydrogen-bond donors (Lipinski definition) is 3. The van der Waals surface area contributed by atoms with Crippen LogP contribution in [0.4, 0.5) is 0 Å². The van der Waals surface area contributed by atoms with Crippen molar-refractivity contribution in [2.75, 3.05) is 6.54 Å². The van der Waals surface area contributed by atoms with Crippen LogP contribution in [0.1, 0.15) is 12.0 Å². The number of nitrogens with zero attached hydrogens (tertiary/aromatic N) is 1. The van der Waals surface area contributed by atoms with Crippen molar-refractivity contribution >= 4 is 18.0 Å². The molecular formula is C17H16N2O4. The summed E-state index contributed by atoms with van der Waals surface area (Å²) in [4.78, 5) is 25.2. The van der Waals surface area contributed by atoms with Gasteiger partial charge in [-0.3, -0.25) is 9.69 Å². The molecule has 2 fully saturated rings. The Morgan fingerprint density at radius 3 is 2.70 bits per heavy atom. The Bertz CT molecular complexity index is 750. The van der Waals surface area contributed by atoms with E-state index in [0.29, 0.717) is 12.0 Å². The lowest BCUT2D eigenvalue weighted by molar-refractivity contribution is -0.153. The smallest absolute Gasteiger partial charge is 0.352 e. The van der Waals surface area contributed by atoms with Crippen LogP contribution in [0.25, 0.3) is 6.08 Å². The van der Waals surface area contributed by atoms with Crippen molar-refractivity contribution in [3.63, 3.8) is 0 Å². The molecule has 0 aromatic heterocycles. The number of phenolic OH excluding ortho intramolecular Hbond substituents is 1. The van der Waals surface area contributed by atoms with Crippen molar-refractivity contribution in [1.82, 2.24) is 10.2 Å². The highest BCUT2D eigenvalue weighted by Crippen LogP contribution is 2.43. The minimum absolute atomic E-state index is 0.0144. The second-order valence-electron chi connectivity index (χ2n) is 6.15. The van der Waals surface area contributed by atoms with Crippen molar-refractivity contribution < 1.29 is 19.8 Å². The Balaban J connectivity index is 1.69. The number of amides is 1. The van der Waals surface area contributed by atoms with Crippen LogP contribution in [0.3, 0.4) is 0 Å². The first-order valence-corrected chi connectivity index (χ1v) is 7.56. The van der Waals surface area contributed by atoms with Crippen LogP contribution in [0.5, 0.6) is 5.75 Å². The number of benzene rings is 1. The highest BCUT2D eigenvalue weighted by atomic mass is 16.4. The molecular weight excluding hydrogens is 296 g/mol. The van der Waals surface area contributed by atoms with Crippen LogP contribution in [0, 0.1) is 5.92 Å². The molecule has 3 aliphatic heterocycles. The van der Waals surface area contributed by atoms with E-state index in [9.17, 15) is 19.8 Å². The molecule has 0 radical (unpaired) electrons. The Morgan fingerprint density at radius 2 is 2.00 bits per heavy atom. The first kappa shape index (κ1) is 14.0. The summed E-state index contributed by atoms with van der Waals surface area (Å²) >= 11 is 0. The molecule has 3 aliphatic rings.